The third-order valence-corrected chi connectivity index (χ3v) is 2.22. The van der Waals surface area contributed by atoms with Gasteiger partial charge in [-0.1, -0.05) is 6.92 Å². The molecule has 1 aromatic heterocycles. The molecular formula is C9H13ClN2. The van der Waals surface area contributed by atoms with E-state index < -0.39 is 0 Å². The molecule has 3 heteroatoms. The Labute approximate surface area is 78.0 Å². The lowest BCUT2D eigenvalue weighted by Crippen LogP contribution is -2.11. The van der Waals surface area contributed by atoms with Crippen LogP contribution < -0.4 is 0 Å². The molecule has 0 saturated heterocycles. The van der Waals surface area contributed by atoms with E-state index in [9.17, 15) is 0 Å². The number of hydrogen-bond donors (Lipinski definition) is 0. The van der Waals surface area contributed by atoms with Crippen LogP contribution in [0.4, 0.5) is 0 Å². The van der Waals surface area contributed by atoms with Gasteiger partial charge in [-0.2, -0.15) is 0 Å². The summed E-state index contributed by atoms with van der Waals surface area (Å²) in [6.07, 6.45) is 4.49. The molecule has 2 atom stereocenters. The van der Waals surface area contributed by atoms with E-state index in [1.165, 1.54) is 0 Å². The number of hydrogen-bond acceptors (Lipinski definition) is 2. The van der Waals surface area contributed by atoms with Crippen LogP contribution >= 0.6 is 11.6 Å². The summed E-state index contributed by atoms with van der Waals surface area (Å²) in [7, 11) is 0. The minimum absolute atomic E-state index is 0.0948. The monoisotopic (exact) mass is 184 g/mol. The molecule has 12 heavy (non-hydrogen) atoms. The number of nitrogens with zero attached hydrogens (tertiary/aromatic N) is 2. The summed E-state index contributed by atoms with van der Waals surface area (Å²) in [5.41, 5.74) is 0. The van der Waals surface area contributed by atoms with Crippen molar-refractivity contribution < 1.29 is 0 Å². The minimum atomic E-state index is 0.0948. The zero-order chi connectivity index (χ0) is 8.97. The van der Waals surface area contributed by atoms with Gasteiger partial charge in [0.2, 0.25) is 0 Å². The Bertz CT molecular complexity index is 223. The molecule has 1 aromatic rings. The second-order valence-electron chi connectivity index (χ2n) is 2.80. The van der Waals surface area contributed by atoms with Gasteiger partial charge in [-0.25, -0.2) is 9.97 Å². The van der Waals surface area contributed by atoms with E-state index in [0.717, 1.165) is 12.2 Å². The molecular weight excluding hydrogens is 172 g/mol. The zero-order valence-corrected chi connectivity index (χ0v) is 8.12. The maximum Gasteiger partial charge on any atom is 0.132 e. The first-order valence-electron chi connectivity index (χ1n) is 4.16. The van der Waals surface area contributed by atoms with Crippen molar-refractivity contribution in [3.8, 4) is 0 Å². The highest BCUT2D eigenvalue weighted by Gasteiger charge is 2.17. The first-order valence-corrected chi connectivity index (χ1v) is 4.60. The zero-order valence-electron chi connectivity index (χ0n) is 7.37. The number of rotatable bonds is 3. The van der Waals surface area contributed by atoms with Crippen molar-refractivity contribution in [2.45, 2.75) is 31.6 Å². The summed E-state index contributed by atoms with van der Waals surface area (Å²) in [6.45, 7) is 4.08. The van der Waals surface area contributed by atoms with Gasteiger partial charge in [0.1, 0.15) is 5.82 Å². The summed E-state index contributed by atoms with van der Waals surface area (Å²) < 4.78 is 0. The lowest BCUT2D eigenvalue weighted by Gasteiger charge is -2.14. The van der Waals surface area contributed by atoms with Crippen LogP contribution in [0.15, 0.2) is 18.5 Å². The average Bonchev–Trinajstić information content (AvgIpc) is 2.07. The van der Waals surface area contributed by atoms with Gasteiger partial charge in [0.05, 0.1) is 0 Å². The van der Waals surface area contributed by atoms with E-state index in [1.807, 2.05) is 13.0 Å². The van der Waals surface area contributed by atoms with Gasteiger partial charge >= 0.3 is 0 Å². The highest BCUT2D eigenvalue weighted by molar-refractivity contribution is 6.20. The van der Waals surface area contributed by atoms with E-state index in [2.05, 4.69) is 16.9 Å². The molecule has 0 aromatic carbocycles. The van der Waals surface area contributed by atoms with Crippen LogP contribution in [0.1, 0.15) is 32.0 Å². The quantitative estimate of drug-likeness (QED) is 0.675. The van der Waals surface area contributed by atoms with Gasteiger partial charge in [0.15, 0.2) is 0 Å². The van der Waals surface area contributed by atoms with E-state index in [-0.39, 0.29) is 11.3 Å². The van der Waals surface area contributed by atoms with Crippen LogP contribution in [0.2, 0.25) is 0 Å². The lowest BCUT2D eigenvalue weighted by atomic mass is 10.0. The second kappa shape index (κ2) is 4.41. The van der Waals surface area contributed by atoms with Crippen molar-refractivity contribution in [3.63, 3.8) is 0 Å². The van der Waals surface area contributed by atoms with Crippen molar-refractivity contribution in [1.82, 2.24) is 9.97 Å². The van der Waals surface area contributed by atoms with Gasteiger partial charge in [0, 0.05) is 23.7 Å². The number of aromatic nitrogens is 2. The van der Waals surface area contributed by atoms with Crippen LogP contribution in [-0.2, 0) is 0 Å². The Morgan fingerprint density at radius 1 is 1.42 bits per heavy atom. The molecule has 0 N–H and O–H groups in total. The average molecular weight is 185 g/mol. The lowest BCUT2D eigenvalue weighted by molar-refractivity contribution is 0.608. The predicted molar refractivity (Wildman–Crippen MR) is 50.4 cm³/mol. The third-order valence-electron chi connectivity index (χ3n) is 1.91. The Morgan fingerprint density at radius 2 is 2.00 bits per heavy atom. The fourth-order valence-corrected chi connectivity index (χ4v) is 1.51. The maximum absolute atomic E-state index is 6.00. The summed E-state index contributed by atoms with van der Waals surface area (Å²) in [4.78, 5) is 8.35. The Morgan fingerprint density at radius 3 is 2.42 bits per heavy atom. The molecule has 0 fully saturated rings. The number of halogens is 1. The van der Waals surface area contributed by atoms with E-state index in [4.69, 9.17) is 11.6 Å². The van der Waals surface area contributed by atoms with E-state index in [1.54, 1.807) is 12.4 Å². The largest absolute Gasteiger partial charge is 0.241 e. The molecule has 0 radical (unpaired) electrons. The number of alkyl halides is 1. The molecule has 0 amide bonds. The van der Waals surface area contributed by atoms with Crippen LogP contribution in [0.5, 0.6) is 0 Å². The molecule has 0 bridgehead atoms. The molecule has 0 aliphatic carbocycles. The molecule has 1 rings (SSSR count). The molecule has 0 aliphatic rings. The molecule has 0 saturated carbocycles. The van der Waals surface area contributed by atoms with Crippen LogP contribution in [0.25, 0.3) is 0 Å². The first kappa shape index (κ1) is 9.46. The highest BCUT2D eigenvalue weighted by atomic mass is 35.5. The Balaban J connectivity index is 2.80. The summed E-state index contributed by atoms with van der Waals surface area (Å²) >= 11 is 6.00. The summed E-state index contributed by atoms with van der Waals surface area (Å²) in [6, 6.07) is 1.81. The second-order valence-corrected chi connectivity index (χ2v) is 3.49. The van der Waals surface area contributed by atoms with Gasteiger partial charge < -0.3 is 0 Å². The fraction of sp³-hybridized carbons (Fsp3) is 0.556. The highest BCUT2D eigenvalue weighted by Crippen LogP contribution is 2.22. The van der Waals surface area contributed by atoms with Crippen molar-refractivity contribution in [2.75, 3.05) is 0 Å². The van der Waals surface area contributed by atoms with Crippen molar-refractivity contribution in [3.05, 3.63) is 24.3 Å². The predicted octanol–water partition coefficient (Wildman–Crippen LogP) is 2.60. The topological polar surface area (TPSA) is 25.8 Å². The van der Waals surface area contributed by atoms with Gasteiger partial charge in [-0.15, -0.1) is 11.6 Å². The van der Waals surface area contributed by atoms with Crippen molar-refractivity contribution in [2.24, 2.45) is 0 Å². The van der Waals surface area contributed by atoms with Crippen LogP contribution in [0.3, 0.4) is 0 Å². The van der Waals surface area contributed by atoms with Gasteiger partial charge in [0.25, 0.3) is 0 Å². The maximum atomic E-state index is 6.00. The fourth-order valence-electron chi connectivity index (χ4n) is 1.21. The van der Waals surface area contributed by atoms with Gasteiger partial charge in [-0.3, -0.25) is 0 Å². The minimum Gasteiger partial charge on any atom is -0.241 e. The first-order chi connectivity index (χ1) is 5.75. The van der Waals surface area contributed by atoms with E-state index >= 15 is 0 Å². The van der Waals surface area contributed by atoms with Crippen molar-refractivity contribution in [1.29, 1.82) is 0 Å². The van der Waals surface area contributed by atoms with Crippen molar-refractivity contribution >= 4 is 11.6 Å². The Hall–Kier alpha value is -0.630. The normalized spacial score (nSPS) is 15.6. The van der Waals surface area contributed by atoms with Gasteiger partial charge in [-0.05, 0) is 19.4 Å². The molecule has 0 spiro atoms. The standard InChI is InChI=1S/C9H13ClN2/c1-3-8(7(2)10)9-11-5-4-6-12-9/h4-8H,3H2,1-2H3. The van der Waals surface area contributed by atoms with Crippen LogP contribution in [-0.4, -0.2) is 15.3 Å². The smallest absolute Gasteiger partial charge is 0.132 e. The molecule has 2 nitrogen and oxygen atoms in total. The van der Waals surface area contributed by atoms with E-state index in [0.29, 0.717) is 0 Å². The third kappa shape index (κ3) is 2.18. The summed E-state index contributed by atoms with van der Waals surface area (Å²) in [5.74, 6) is 1.12. The molecule has 66 valence electrons. The molecule has 0 aliphatic heterocycles. The SMILES string of the molecule is CCC(c1ncccn1)C(C)Cl. The Kier molecular flexibility index (Phi) is 3.48. The molecule has 2 unspecified atom stereocenters. The molecule has 1 heterocycles. The summed E-state index contributed by atoms with van der Waals surface area (Å²) in [5, 5.41) is 0.0948. The van der Waals surface area contributed by atoms with Crippen LogP contribution in [0, 0.1) is 0 Å².